The van der Waals surface area contributed by atoms with Crippen LogP contribution in [-0.2, 0) is 11.3 Å². The first kappa shape index (κ1) is 13.4. The normalized spacial score (nSPS) is 28.6. The molecule has 2 N–H and O–H groups in total. The predicted molar refractivity (Wildman–Crippen MR) is 78.5 cm³/mol. The van der Waals surface area contributed by atoms with Crippen molar-refractivity contribution in [2.24, 2.45) is 4.99 Å². The third-order valence-electron chi connectivity index (χ3n) is 3.90. The van der Waals surface area contributed by atoms with Crippen LogP contribution in [0.1, 0.15) is 31.9 Å². The minimum absolute atomic E-state index is 0.360. The second-order valence-electron chi connectivity index (χ2n) is 5.38. The van der Waals surface area contributed by atoms with Crippen LogP contribution < -0.4 is 10.6 Å². The van der Waals surface area contributed by atoms with Gasteiger partial charge in [-0.3, -0.25) is 4.98 Å². The Hall–Kier alpha value is -1.62. The molecule has 0 aromatic carbocycles. The fourth-order valence-corrected chi connectivity index (χ4v) is 2.94. The molecule has 0 saturated carbocycles. The number of aliphatic imine (C=N–C) groups is 1. The van der Waals surface area contributed by atoms with Gasteiger partial charge in [0.1, 0.15) is 0 Å². The van der Waals surface area contributed by atoms with E-state index in [1.54, 1.807) is 6.20 Å². The van der Waals surface area contributed by atoms with E-state index in [0.29, 0.717) is 24.8 Å². The molecule has 2 aliphatic rings. The fraction of sp³-hybridized carbons (Fsp3) is 0.600. The number of pyridine rings is 1. The van der Waals surface area contributed by atoms with Gasteiger partial charge in [-0.15, -0.1) is 0 Å². The number of hydrogen-bond acceptors (Lipinski definition) is 3. The van der Waals surface area contributed by atoms with Crippen molar-refractivity contribution in [2.75, 3.05) is 6.54 Å². The molecule has 2 aliphatic heterocycles. The van der Waals surface area contributed by atoms with Gasteiger partial charge in [0.05, 0.1) is 30.5 Å². The Morgan fingerprint density at radius 3 is 3.05 bits per heavy atom. The van der Waals surface area contributed by atoms with Crippen LogP contribution in [0.2, 0.25) is 0 Å². The van der Waals surface area contributed by atoms with Gasteiger partial charge in [-0.25, -0.2) is 4.99 Å². The number of nitrogens with zero attached hydrogens (tertiary/aromatic N) is 2. The van der Waals surface area contributed by atoms with Crippen molar-refractivity contribution in [3.05, 3.63) is 30.1 Å². The quantitative estimate of drug-likeness (QED) is 0.644. The molecule has 3 atom stereocenters. The number of nitrogens with one attached hydrogen (secondary N) is 2. The molecule has 0 spiro atoms. The van der Waals surface area contributed by atoms with E-state index in [-0.39, 0.29) is 0 Å². The zero-order chi connectivity index (χ0) is 13.8. The SMILES string of the molecule is CCNC(=NCc1ccccn1)N[C@@H]1C[C@H]2CC[C@H]1O2. The summed E-state index contributed by atoms with van der Waals surface area (Å²) < 4.78 is 5.87. The highest BCUT2D eigenvalue weighted by atomic mass is 16.5. The molecule has 0 unspecified atom stereocenters. The maximum Gasteiger partial charge on any atom is 0.191 e. The monoisotopic (exact) mass is 274 g/mol. The largest absolute Gasteiger partial charge is 0.373 e. The van der Waals surface area contributed by atoms with Gasteiger partial charge in [0.2, 0.25) is 0 Å². The maximum absolute atomic E-state index is 5.87. The lowest BCUT2D eigenvalue weighted by Crippen LogP contribution is -2.47. The molecule has 5 nitrogen and oxygen atoms in total. The van der Waals surface area contributed by atoms with Crippen molar-refractivity contribution < 1.29 is 4.74 Å². The highest BCUT2D eigenvalue weighted by molar-refractivity contribution is 5.80. The van der Waals surface area contributed by atoms with E-state index in [2.05, 4.69) is 27.5 Å². The molecule has 5 heteroatoms. The third-order valence-corrected chi connectivity index (χ3v) is 3.90. The summed E-state index contributed by atoms with van der Waals surface area (Å²) in [7, 11) is 0. The third kappa shape index (κ3) is 3.10. The highest BCUT2D eigenvalue weighted by Crippen LogP contribution is 2.34. The van der Waals surface area contributed by atoms with Gasteiger partial charge in [-0.05, 0) is 38.3 Å². The van der Waals surface area contributed by atoms with E-state index in [0.717, 1.165) is 24.6 Å². The standard InChI is InChI=1S/C15H22N4O/c1-2-16-15(18-10-11-5-3-4-8-17-11)19-13-9-12-6-7-14(13)20-12/h3-5,8,12-14H,2,6-7,9-10H2,1H3,(H2,16,18,19)/t12-,13-,14-/m1/s1. The summed E-state index contributed by atoms with van der Waals surface area (Å²) in [5, 5.41) is 6.80. The van der Waals surface area contributed by atoms with E-state index >= 15 is 0 Å². The van der Waals surface area contributed by atoms with Crippen molar-refractivity contribution in [1.29, 1.82) is 0 Å². The van der Waals surface area contributed by atoms with Gasteiger partial charge < -0.3 is 15.4 Å². The number of fused-ring (bicyclic) bond motifs is 2. The molecule has 2 fully saturated rings. The Morgan fingerprint density at radius 2 is 2.40 bits per heavy atom. The zero-order valence-electron chi connectivity index (χ0n) is 11.9. The number of ether oxygens (including phenoxy) is 1. The molecule has 1 aromatic rings. The van der Waals surface area contributed by atoms with E-state index in [1.165, 1.54) is 12.8 Å². The van der Waals surface area contributed by atoms with Crippen LogP contribution >= 0.6 is 0 Å². The topological polar surface area (TPSA) is 58.5 Å². The Bertz CT molecular complexity index is 462. The van der Waals surface area contributed by atoms with Crippen LogP contribution in [0.5, 0.6) is 0 Å². The summed E-state index contributed by atoms with van der Waals surface area (Å²) in [6, 6.07) is 6.30. The second-order valence-corrected chi connectivity index (χ2v) is 5.38. The lowest BCUT2D eigenvalue weighted by Gasteiger charge is -2.22. The van der Waals surface area contributed by atoms with Gasteiger partial charge in [0.15, 0.2) is 5.96 Å². The van der Waals surface area contributed by atoms with Gasteiger partial charge >= 0.3 is 0 Å². The maximum atomic E-state index is 5.87. The van der Waals surface area contributed by atoms with Crippen molar-refractivity contribution >= 4 is 5.96 Å². The van der Waals surface area contributed by atoms with Crippen LogP contribution in [0.3, 0.4) is 0 Å². The molecule has 0 radical (unpaired) electrons. The Balaban J connectivity index is 1.60. The first-order valence-electron chi connectivity index (χ1n) is 7.45. The van der Waals surface area contributed by atoms with Crippen molar-refractivity contribution in [3.8, 4) is 0 Å². The highest BCUT2D eigenvalue weighted by Gasteiger charge is 2.41. The van der Waals surface area contributed by atoms with Gasteiger partial charge in [-0.1, -0.05) is 6.07 Å². The van der Waals surface area contributed by atoms with Crippen molar-refractivity contribution in [2.45, 2.75) is 51.0 Å². The molecular formula is C15H22N4O. The molecule has 3 heterocycles. The van der Waals surface area contributed by atoms with E-state index in [9.17, 15) is 0 Å². The molecule has 3 rings (SSSR count). The van der Waals surface area contributed by atoms with Crippen LogP contribution in [0.25, 0.3) is 0 Å². The minimum Gasteiger partial charge on any atom is -0.373 e. The van der Waals surface area contributed by atoms with Crippen molar-refractivity contribution in [3.63, 3.8) is 0 Å². The number of rotatable bonds is 4. The van der Waals surface area contributed by atoms with E-state index in [4.69, 9.17) is 4.74 Å². The van der Waals surface area contributed by atoms with Crippen LogP contribution in [0, 0.1) is 0 Å². The molecule has 0 amide bonds. The summed E-state index contributed by atoms with van der Waals surface area (Å²) >= 11 is 0. The summed E-state index contributed by atoms with van der Waals surface area (Å²) in [6.07, 6.45) is 6.09. The lowest BCUT2D eigenvalue weighted by molar-refractivity contribution is 0.0992. The summed E-state index contributed by atoms with van der Waals surface area (Å²) in [5.41, 5.74) is 0.980. The Kier molecular flexibility index (Phi) is 4.16. The molecule has 108 valence electrons. The molecule has 2 saturated heterocycles. The second kappa shape index (κ2) is 6.22. The van der Waals surface area contributed by atoms with Gasteiger partial charge in [0.25, 0.3) is 0 Å². The van der Waals surface area contributed by atoms with Gasteiger partial charge in [-0.2, -0.15) is 0 Å². The minimum atomic E-state index is 0.360. The molecule has 1 aromatic heterocycles. The first-order chi connectivity index (χ1) is 9.85. The average molecular weight is 274 g/mol. The number of guanidine groups is 1. The Labute approximate surface area is 119 Å². The summed E-state index contributed by atoms with van der Waals surface area (Å²) in [5.74, 6) is 0.860. The molecular weight excluding hydrogens is 252 g/mol. The van der Waals surface area contributed by atoms with E-state index < -0.39 is 0 Å². The van der Waals surface area contributed by atoms with Crippen LogP contribution in [0.15, 0.2) is 29.4 Å². The molecule has 0 aliphatic carbocycles. The van der Waals surface area contributed by atoms with E-state index in [1.807, 2.05) is 18.2 Å². The van der Waals surface area contributed by atoms with Crippen molar-refractivity contribution in [1.82, 2.24) is 15.6 Å². The number of hydrogen-bond donors (Lipinski definition) is 2. The van der Waals surface area contributed by atoms with Crippen LogP contribution in [-0.4, -0.2) is 35.7 Å². The average Bonchev–Trinajstić information content (AvgIpc) is 3.09. The Morgan fingerprint density at radius 1 is 1.45 bits per heavy atom. The molecule has 20 heavy (non-hydrogen) atoms. The van der Waals surface area contributed by atoms with Gasteiger partial charge in [0, 0.05) is 12.7 Å². The zero-order valence-corrected chi connectivity index (χ0v) is 11.9. The predicted octanol–water partition coefficient (Wildman–Crippen LogP) is 1.46. The number of aromatic nitrogens is 1. The first-order valence-corrected chi connectivity index (χ1v) is 7.45. The summed E-state index contributed by atoms with van der Waals surface area (Å²) in [4.78, 5) is 8.90. The lowest BCUT2D eigenvalue weighted by atomic mass is 9.96. The smallest absolute Gasteiger partial charge is 0.191 e. The summed E-state index contributed by atoms with van der Waals surface area (Å²) in [6.45, 7) is 3.53. The van der Waals surface area contributed by atoms with Crippen LogP contribution in [0.4, 0.5) is 0 Å². The fourth-order valence-electron chi connectivity index (χ4n) is 2.94. The molecule has 2 bridgehead atoms.